The monoisotopic (exact) mass is 374 g/mol. The van der Waals surface area contributed by atoms with Crippen LogP contribution in [0.5, 0.6) is 0 Å². The summed E-state index contributed by atoms with van der Waals surface area (Å²) in [5.74, 6) is 0. The second-order valence-corrected chi connectivity index (χ2v) is 6.22. The highest BCUT2D eigenvalue weighted by Crippen LogP contribution is 2.24. The number of hydrogen-bond donors (Lipinski definition) is 1. The van der Waals surface area contributed by atoms with Crippen LogP contribution in [0.3, 0.4) is 0 Å². The van der Waals surface area contributed by atoms with Crippen LogP contribution in [-0.4, -0.2) is 22.8 Å². The van der Waals surface area contributed by atoms with E-state index < -0.39 is 31.3 Å². The molecule has 0 amide bonds. The number of nitro groups is 2. The van der Waals surface area contributed by atoms with Gasteiger partial charge in [-0.3, -0.25) is 24.8 Å². The number of aryl methyl sites for hydroxylation is 1. The van der Waals surface area contributed by atoms with Crippen LogP contribution in [0.2, 0.25) is 5.02 Å². The van der Waals surface area contributed by atoms with Gasteiger partial charge >= 0.3 is 11.4 Å². The van der Waals surface area contributed by atoms with Crippen LogP contribution >= 0.6 is 11.6 Å². The fraction of sp³-hybridized carbons (Fsp3) is 0.0769. The van der Waals surface area contributed by atoms with Crippen molar-refractivity contribution in [1.82, 2.24) is 0 Å². The average molecular weight is 375 g/mol. The van der Waals surface area contributed by atoms with Crippen molar-refractivity contribution in [3.8, 4) is 0 Å². The van der Waals surface area contributed by atoms with E-state index in [1.807, 2.05) is 0 Å². The number of halogens is 1. The summed E-state index contributed by atoms with van der Waals surface area (Å²) in [6, 6.07) is 9.00. The van der Waals surface area contributed by atoms with Crippen molar-refractivity contribution < 1.29 is 22.8 Å². The van der Waals surface area contributed by atoms with Crippen molar-refractivity contribution in [1.29, 1.82) is 0 Å². The minimum atomic E-state index is -4.13. The number of rotatable bonds is 3. The van der Waals surface area contributed by atoms with Crippen molar-refractivity contribution in [2.45, 2.75) is 11.8 Å². The van der Waals surface area contributed by atoms with Crippen LogP contribution in [-0.2, 0) is 10.1 Å². The molecule has 0 aromatic heterocycles. The molecule has 128 valence electrons. The van der Waals surface area contributed by atoms with Gasteiger partial charge in [-0.2, -0.15) is 8.42 Å². The van der Waals surface area contributed by atoms with Gasteiger partial charge in [0.05, 0.1) is 14.7 Å². The fourth-order valence-electron chi connectivity index (χ4n) is 1.51. The second kappa shape index (κ2) is 7.81. The number of benzene rings is 2. The van der Waals surface area contributed by atoms with E-state index in [0.717, 1.165) is 17.7 Å². The van der Waals surface area contributed by atoms with E-state index in [4.69, 9.17) is 16.2 Å². The third kappa shape index (κ3) is 5.26. The van der Waals surface area contributed by atoms with Gasteiger partial charge in [-0.1, -0.05) is 29.8 Å². The van der Waals surface area contributed by atoms with Gasteiger partial charge in [-0.15, -0.1) is 0 Å². The van der Waals surface area contributed by atoms with Crippen molar-refractivity contribution >= 4 is 33.1 Å². The SMILES string of the molecule is Cc1ccc(S(=O)(=O)O)cc1Cl.O=[N+]([O-])c1ccccc1[N+](=O)[O-]. The Morgan fingerprint density at radius 2 is 1.46 bits per heavy atom. The quantitative estimate of drug-likeness (QED) is 0.493. The maximum atomic E-state index is 10.6. The van der Waals surface area contributed by atoms with Gasteiger partial charge in [0.15, 0.2) is 0 Å². The molecule has 0 atom stereocenters. The molecule has 11 heteroatoms. The zero-order valence-electron chi connectivity index (χ0n) is 12.1. The van der Waals surface area contributed by atoms with Crippen molar-refractivity contribution in [3.63, 3.8) is 0 Å². The fourth-order valence-corrected chi connectivity index (χ4v) is 2.26. The molecular formula is C13H11ClN2O7S. The van der Waals surface area contributed by atoms with Crippen molar-refractivity contribution in [3.05, 3.63) is 73.3 Å². The third-order valence-electron chi connectivity index (χ3n) is 2.72. The number of nitro benzene ring substituents is 2. The Labute approximate surface area is 141 Å². The topological polar surface area (TPSA) is 141 Å². The summed E-state index contributed by atoms with van der Waals surface area (Å²) in [5, 5.41) is 20.8. The van der Waals surface area contributed by atoms with E-state index in [0.29, 0.717) is 5.02 Å². The molecule has 0 aliphatic carbocycles. The Morgan fingerprint density at radius 1 is 1.00 bits per heavy atom. The molecule has 0 fully saturated rings. The lowest BCUT2D eigenvalue weighted by Gasteiger charge is -1.99. The second-order valence-electron chi connectivity index (χ2n) is 4.39. The minimum absolute atomic E-state index is 0.182. The molecule has 0 unspecified atom stereocenters. The zero-order chi connectivity index (χ0) is 18.5. The van der Waals surface area contributed by atoms with Gasteiger partial charge < -0.3 is 0 Å². The van der Waals surface area contributed by atoms with Gasteiger partial charge in [0.1, 0.15) is 0 Å². The molecule has 2 rings (SSSR count). The van der Waals surface area contributed by atoms with Crippen LogP contribution in [0, 0.1) is 27.2 Å². The highest BCUT2D eigenvalue weighted by atomic mass is 35.5. The lowest BCUT2D eigenvalue weighted by atomic mass is 10.2. The molecule has 24 heavy (non-hydrogen) atoms. The summed E-state index contributed by atoms with van der Waals surface area (Å²) in [6.45, 7) is 1.75. The first kappa shape index (κ1) is 19.5. The Hall–Kier alpha value is -2.56. The Bertz CT molecular complexity index is 851. The summed E-state index contributed by atoms with van der Waals surface area (Å²) in [7, 11) is -4.13. The molecule has 0 heterocycles. The molecule has 0 spiro atoms. The van der Waals surface area contributed by atoms with Crippen molar-refractivity contribution in [2.24, 2.45) is 0 Å². The Morgan fingerprint density at radius 3 is 1.79 bits per heavy atom. The summed E-state index contributed by atoms with van der Waals surface area (Å²) in [6.07, 6.45) is 0. The number of nitrogens with zero attached hydrogens (tertiary/aromatic N) is 2. The molecule has 0 saturated carbocycles. The van der Waals surface area contributed by atoms with E-state index in [2.05, 4.69) is 0 Å². The van der Waals surface area contributed by atoms with Gasteiger partial charge in [-0.05, 0) is 24.6 Å². The lowest BCUT2D eigenvalue weighted by Crippen LogP contribution is -1.97. The molecular weight excluding hydrogens is 364 g/mol. The van der Waals surface area contributed by atoms with E-state index in [1.165, 1.54) is 30.3 Å². The van der Waals surface area contributed by atoms with E-state index in [-0.39, 0.29) is 4.90 Å². The third-order valence-corrected chi connectivity index (χ3v) is 3.97. The minimum Gasteiger partial charge on any atom is -0.282 e. The van der Waals surface area contributed by atoms with E-state index >= 15 is 0 Å². The number of hydrogen-bond acceptors (Lipinski definition) is 6. The number of para-hydroxylation sites is 2. The van der Waals surface area contributed by atoms with Gasteiger partial charge in [0.25, 0.3) is 10.1 Å². The van der Waals surface area contributed by atoms with Crippen LogP contribution in [0.15, 0.2) is 47.4 Å². The summed E-state index contributed by atoms with van der Waals surface area (Å²) in [5.41, 5.74) is -0.200. The summed E-state index contributed by atoms with van der Waals surface area (Å²) < 4.78 is 29.8. The van der Waals surface area contributed by atoms with Crippen LogP contribution < -0.4 is 0 Å². The summed E-state index contributed by atoms with van der Waals surface area (Å²) >= 11 is 5.64. The summed E-state index contributed by atoms with van der Waals surface area (Å²) in [4.78, 5) is 18.7. The molecule has 2 aromatic carbocycles. The highest BCUT2D eigenvalue weighted by Gasteiger charge is 2.21. The van der Waals surface area contributed by atoms with Crippen LogP contribution in [0.25, 0.3) is 0 Å². The highest BCUT2D eigenvalue weighted by molar-refractivity contribution is 7.85. The van der Waals surface area contributed by atoms with Gasteiger partial charge in [0, 0.05) is 17.2 Å². The molecule has 0 radical (unpaired) electrons. The predicted octanol–water partition coefficient (Wildman–Crippen LogP) is 3.40. The molecule has 0 aliphatic heterocycles. The molecule has 0 aliphatic rings. The first-order chi connectivity index (χ1) is 11.0. The van der Waals surface area contributed by atoms with E-state index in [9.17, 15) is 28.6 Å². The van der Waals surface area contributed by atoms with E-state index in [1.54, 1.807) is 6.92 Å². The maximum Gasteiger partial charge on any atom is 0.346 e. The molecule has 9 nitrogen and oxygen atoms in total. The molecule has 1 N–H and O–H groups in total. The van der Waals surface area contributed by atoms with Crippen LogP contribution in [0.4, 0.5) is 11.4 Å². The largest absolute Gasteiger partial charge is 0.346 e. The molecule has 0 saturated heterocycles. The standard InChI is InChI=1S/C7H7ClO3S.C6H4N2O4/c1-5-2-3-6(4-7(5)8)12(9,10)11;9-7(10)5-3-1-2-4-6(5)8(11)12/h2-4H,1H3,(H,9,10,11);1-4H. The predicted molar refractivity (Wildman–Crippen MR) is 85.8 cm³/mol. The van der Waals surface area contributed by atoms with Gasteiger partial charge in [-0.25, -0.2) is 0 Å². The molecule has 2 aromatic rings. The lowest BCUT2D eigenvalue weighted by molar-refractivity contribution is -0.422. The van der Waals surface area contributed by atoms with Crippen LogP contribution in [0.1, 0.15) is 5.56 Å². The first-order valence-electron chi connectivity index (χ1n) is 6.15. The first-order valence-corrected chi connectivity index (χ1v) is 7.97. The van der Waals surface area contributed by atoms with Crippen molar-refractivity contribution in [2.75, 3.05) is 0 Å². The molecule has 0 bridgehead atoms. The Kier molecular flexibility index (Phi) is 6.35. The smallest absolute Gasteiger partial charge is 0.282 e. The zero-order valence-corrected chi connectivity index (χ0v) is 13.7. The Balaban J connectivity index is 0.000000240. The average Bonchev–Trinajstić information content (AvgIpc) is 2.49. The van der Waals surface area contributed by atoms with Gasteiger partial charge in [0.2, 0.25) is 0 Å². The normalized spacial score (nSPS) is 10.5. The maximum absolute atomic E-state index is 10.6.